The van der Waals surface area contributed by atoms with Crippen molar-refractivity contribution in [3.8, 4) is 11.4 Å². The van der Waals surface area contributed by atoms with Gasteiger partial charge in [-0.15, -0.1) is 0 Å². The number of carboxylic acid groups (broad SMARTS) is 1. The fraction of sp³-hybridized carbons (Fsp3) is 0.389. The second-order valence-corrected chi connectivity index (χ2v) is 6.03. The van der Waals surface area contributed by atoms with E-state index in [9.17, 15) is 9.59 Å². The Balaban J connectivity index is 1.62. The Labute approximate surface area is 150 Å². The molecule has 0 bridgehead atoms. The predicted octanol–water partition coefficient (Wildman–Crippen LogP) is 0.925. The fourth-order valence-electron chi connectivity index (χ4n) is 2.91. The van der Waals surface area contributed by atoms with Crippen LogP contribution in [0.2, 0.25) is 0 Å². The molecule has 1 aromatic carbocycles. The van der Waals surface area contributed by atoms with Gasteiger partial charge in [-0.05, 0) is 6.42 Å². The van der Waals surface area contributed by atoms with Crippen molar-refractivity contribution in [2.75, 3.05) is 19.8 Å². The van der Waals surface area contributed by atoms with E-state index < -0.39 is 18.7 Å². The van der Waals surface area contributed by atoms with Crippen LogP contribution < -0.4 is 5.32 Å². The first-order chi connectivity index (χ1) is 12.6. The minimum absolute atomic E-state index is 0.118. The fourth-order valence-corrected chi connectivity index (χ4v) is 2.91. The van der Waals surface area contributed by atoms with E-state index in [1.807, 2.05) is 30.3 Å². The smallest absolute Gasteiger partial charge is 0.329 e. The lowest BCUT2D eigenvalue weighted by Gasteiger charge is -2.31. The van der Waals surface area contributed by atoms with Crippen LogP contribution in [0, 0.1) is 0 Å². The minimum Gasteiger partial charge on any atom is -0.480 e. The summed E-state index contributed by atoms with van der Waals surface area (Å²) in [5, 5.41) is 11.7. The molecule has 0 unspecified atom stereocenters. The second kappa shape index (κ2) is 8.59. The Morgan fingerprint density at radius 1 is 1.35 bits per heavy atom. The number of hydrogen-bond acceptors (Lipinski definition) is 5. The maximum Gasteiger partial charge on any atom is 0.329 e. The van der Waals surface area contributed by atoms with Gasteiger partial charge in [-0.3, -0.25) is 4.79 Å². The molecule has 26 heavy (non-hydrogen) atoms. The van der Waals surface area contributed by atoms with Gasteiger partial charge in [0.2, 0.25) is 5.91 Å². The number of carboxylic acids is 1. The zero-order valence-corrected chi connectivity index (χ0v) is 14.2. The van der Waals surface area contributed by atoms with E-state index in [0.717, 1.165) is 5.56 Å². The Bertz CT molecular complexity index is 746. The molecule has 0 radical (unpaired) electrons. The highest BCUT2D eigenvalue weighted by Crippen LogP contribution is 2.17. The van der Waals surface area contributed by atoms with Crippen LogP contribution in [-0.4, -0.2) is 58.5 Å². The van der Waals surface area contributed by atoms with E-state index in [1.54, 1.807) is 17.0 Å². The van der Waals surface area contributed by atoms with Gasteiger partial charge < -0.3 is 24.5 Å². The quantitative estimate of drug-likeness (QED) is 0.762. The van der Waals surface area contributed by atoms with E-state index in [-0.39, 0.29) is 25.1 Å². The summed E-state index contributed by atoms with van der Waals surface area (Å²) in [5.74, 6) is -0.519. The molecule has 0 saturated carbocycles. The molecule has 1 aliphatic rings. The third kappa shape index (κ3) is 4.68. The van der Waals surface area contributed by atoms with Crippen molar-refractivity contribution in [2.24, 2.45) is 0 Å². The number of nitrogens with zero attached hydrogens (tertiary/aromatic N) is 2. The normalized spacial score (nSPS) is 19.8. The molecule has 1 aromatic heterocycles. The number of nitrogens with one attached hydrogen (secondary N) is 1. The lowest BCUT2D eigenvalue weighted by Crippen LogP contribution is -2.51. The van der Waals surface area contributed by atoms with Crippen molar-refractivity contribution < 1.29 is 24.2 Å². The molecule has 2 heterocycles. The standard InChI is InChI=1S/C18H21N3O5/c22-16(20-14-6-9-25-11-15(14)26-12-17(23)24)10-21-8-7-19-18(21)13-4-2-1-3-5-13/h1-5,7-8,14-15H,6,9-12H2,(H,20,22)(H,23,24)/t14-,15-/m1/s1. The Morgan fingerprint density at radius 2 is 2.15 bits per heavy atom. The third-order valence-corrected chi connectivity index (χ3v) is 4.13. The van der Waals surface area contributed by atoms with Crippen LogP contribution >= 0.6 is 0 Å². The van der Waals surface area contributed by atoms with Crippen LogP contribution in [0.1, 0.15) is 6.42 Å². The average molecular weight is 359 g/mol. The van der Waals surface area contributed by atoms with Gasteiger partial charge in [-0.2, -0.15) is 0 Å². The maximum absolute atomic E-state index is 12.5. The third-order valence-electron chi connectivity index (χ3n) is 4.13. The van der Waals surface area contributed by atoms with Crippen molar-refractivity contribution in [2.45, 2.75) is 25.1 Å². The number of benzene rings is 1. The SMILES string of the molecule is O=C(O)CO[C@@H]1COCC[C@H]1NC(=O)Cn1ccnc1-c1ccccc1. The zero-order valence-electron chi connectivity index (χ0n) is 14.2. The van der Waals surface area contributed by atoms with Gasteiger partial charge in [-0.1, -0.05) is 30.3 Å². The monoisotopic (exact) mass is 359 g/mol. The molecule has 3 rings (SSSR count). The first-order valence-corrected chi connectivity index (χ1v) is 8.40. The van der Waals surface area contributed by atoms with Gasteiger partial charge in [0.25, 0.3) is 0 Å². The van der Waals surface area contributed by atoms with Crippen LogP contribution in [0.3, 0.4) is 0 Å². The van der Waals surface area contributed by atoms with Crippen LogP contribution in [0.4, 0.5) is 0 Å². The molecule has 1 aliphatic heterocycles. The summed E-state index contributed by atoms with van der Waals surface area (Å²) in [7, 11) is 0. The summed E-state index contributed by atoms with van der Waals surface area (Å²) in [6.07, 6.45) is 3.51. The number of aromatic nitrogens is 2. The number of ether oxygens (including phenoxy) is 2. The number of carbonyl (C=O) groups excluding carboxylic acids is 1. The summed E-state index contributed by atoms with van der Waals surface area (Å²) < 4.78 is 12.4. The molecule has 2 atom stereocenters. The molecule has 2 aromatic rings. The molecule has 138 valence electrons. The molecule has 1 fully saturated rings. The summed E-state index contributed by atoms with van der Waals surface area (Å²) in [5.41, 5.74) is 0.930. The van der Waals surface area contributed by atoms with Gasteiger partial charge in [0.15, 0.2) is 0 Å². The number of aliphatic carboxylic acids is 1. The summed E-state index contributed by atoms with van der Waals surface area (Å²) >= 11 is 0. The molecule has 0 aliphatic carbocycles. The van der Waals surface area contributed by atoms with Gasteiger partial charge in [0, 0.05) is 24.6 Å². The first-order valence-electron chi connectivity index (χ1n) is 8.40. The van der Waals surface area contributed by atoms with Crippen molar-refractivity contribution in [1.29, 1.82) is 0 Å². The number of rotatable bonds is 7. The molecule has 8 nitrogen and oxygen atoms in total. The van der Waals surface area contributed by atoms with Crippen molar-refractivity contribution in [3.63, 3.8) is 0 Å². The van der Waals surface area contributed by atoms with Gasteiger partial charge >= 0.3 is 5.97 Å². The van der Waals surface area contributed by atoms with Gasteiger partial charge in [0.05, 0.1) is 12.6 Å². The van der Waals surface area contributed by atoms with Crippen LogP contribution in [0.25, 0.3) is 11.4 Å². The highest BCUT2D eigenvalue weighted by atomic mass is 16.5. The summed E-state index contributed by atoms with van der Waals surface area (Å²) in [6.45, 7) is 0.462. The Morgan fingerprint density at radius 3 is 2.92 bits per heavy atom. The maximum atomic E-state index is 12.5. The Hall–Kier alpha value is -2.71. The lowest BCUT2D eigenvalue weighted by atomic mass is 10.1. The second-order valence-electron chi connectivity index (χ2n) is 6.03. The van der Waals surface area contributed by atoms with Gasteiger partial charge in [-0.25, -0.2) is 9.78 Å². The van der Waals surface area contributed by atoms with E-state index in [0.29, 0.717) is 18.9 Å². The topological polar surface area (TPSA) is 103 Å². The molecule has 8 heteroatoms. The van der Waals surface area contributed by atoms with E-state index >= 15 is 0 Å². The molecular formula is C18H21N3O5. The van der Waals surface area contributed by atoms with Crippen molar-refractivity contribution in [1.82, 2.24) is 14.9 Å². The van der Waals surface area contributed by atoms with E-state index in [4.69, 9.17) is 14.6 Å². The van der Waals surface area contributed by atoms with E-state index in [2.05, 4.69) is 10.3 Å². The van der Waals surface area contributed by atoms with Crippen LogP contribution in [-0.2, 0) is 25.6 Å². The van der Waals surface area contributed by atoms with E-state index in [1.165, 1.54) is 0 Å². The van der Waals surface area contributed by atoms with Crippen LogP contribution in [0.5, 0.6) is 0 Å². The first kappa shape index (κ1) is 18.1. The van der Waals surface area contributed by atoms with Crippen molar-refractivity contribution >= 4 is 11.9 Å². The number of hydrogen-bond donors (Lipinski definition) is 2. The number of amides is 1. The number of imidazole rings is 1. The minimum atomic E-state index is -1.05. The molecular weight excluding hydrogens is 338 g/mol. The molecule has 1 amide bonds. The number of carbonyl (C=O) groups is 2. The highest BCUT2D eigenvalue weighted by molar-refractivity contribution is 5.77. The lowest BCUT2D eigenvalue weighted by molar-refractivity contribution is -0.149. The summed E-state index contributed by atoms with van der Waals surface area (Å²) in [4.78, 5) is 27.5. The van der Waals surface area contributed by atoms with Crippen LogP contribution in [0.15, 0.2) is 42.7 Å². The molecule has 0 spiro atoms. The van der Waals surface area contributed by atoms with Crippen molar-refractivity contribution in [3.05, 3.63) is 42.7 Å². The van der Waals surface area contributed by atoms with Gasteiger partial charge in [0.1, 0.15) is 25.1 Å². The molecule has 1 saturated heterocycles. The zero-order chi connectivity index (χ0) is 18.4. The Kier molecular flexibility index (Phi) is 5.98. The highest BCUT2D eigenvalue weighted by Gasteiger charge is 2.28. The predicted molar refractivity (Wildman–Crippen MR) is 92.4 cm³/mol. The average Bonchev–Trinajstić information content (AvgIpc) is 3.09. The summed E-state index contributed by atoms with van der Waals surface area (Å²) in [6, 6.07) is 9.35. The largest absolute Gasteiger partial charge is 0.480 e. The molecule has 2 N–H and O–H groups in total.